The molecule has 2 fully saturated rings. The standard InChI is InChI=1S/C15H22O3/c1-8-10(16)5-11-14(8,4)12(17)9-6-13(2,3)7-15(9,11)18/h5,8-9,12,17-18H,6-7H2,1-4H3. The first kappa shape index (κ1) is 12.4. The second kappa shape index (κ2) is 3.07. The molecule has 0 aromatic carbocycles. The van der Waals surface area contributed by atoms with Gasteiger partial charge in [0.15, 0.2) is 5.78 Å². The van der Waals surface area contributed by atoms with Crippen molar-refractivity contribution in [2.45, 2.75) is 52.2 Å². The summed E-state index contributed by atoms with van der Waals surface area (Å²) in [7, 11) is 0. The molecule has 0 bridgehead atoms. The highest BCUT2D eigenvalue weighted by molar-refractivity contribution is 5.97. The van der Waals surface area contributed by atoms with Crippen LogP contribution in [0.2, 0.25) is 0 Å². The first-order valence-electron chi connectivity index (χ1n) is 6.80. The van der Waals surface area contributed by atoms with Gasteiger partial charge in [0.1, 0.15) is 0 Å². The summed E-state index contributed by atoms with van der Waals surface area (Å²) in [6.07, 6.45) is 2.45. The molecule has 0 heterocycles. The zero-order valence-corrected chi connectivity index (χ0v) is 11.5. The van der Waals surface area contributed by atoms with Gasteiger partial charge in [0, 0.05) is 17.3 Å². The van der Waals surface area contributed by atoms with Gasteiger partial charge in [0.2, 0.25) is 0 Å². The molecule has 5 unspecified atom stereocenters. The van der Waals surface area contributed by atoms with Crippen molar-refractivity contribution in [2.24, 2.45) is 22.7 Å². The highest BCUT2D eigenvalue weighted by Gasteiger charge is 2.70. The minimum Gasteiger partial charge on any atom is -0.392 e. The fraction of sp³-hybridized carbons (Fsp3) is 0.800. The minimum atomic E-state index is -0.974. The first-order valence-corrected chi connectivity index (χ1v) is 6.80. The van der Waals surface area contributed by atoms with Crippen LogP contribution in [0.5, 0.6) is 0 Å². The van der Waals surface area contributed by atoms with Crippen molar-refractivity contribution in [3.05, 3.63) is 11.6 Å². The Balaban J connectivity index is 2.14. The first-order chi connectivity index (χ1) is 8.13. The number of carbonyl (C=O) groups is 1. The summed E-state index contributed by atoms with van der Waals surface area (Å²) in [4.78, 5) is 11.9. The number of allylic oxidation sites excluding steroid dienone is 1. The predicted octanol–water partition coefficient (Wildman–Crippen LogP) is 1.68. The molecule has 0 spiro atoms. The van der Waals surface area contributed by atoms with Gasteiger partial charge in [-0.1, -0.05) is 27.7 Å². The van der Waals surface area contributed by atoms with E-state index in [0.29, 0.717) is 6.42 Å². The van der Waals surface area contributed by atoms with E-state index >= 15 is 0 Å². The lowest BCUT2D eigenvalue weighted by Crippen LogP contribution is -2.37. The molecule has 0 saturated heterocycles. The van der Waals surface area contributed by atoms with Crippen LogP contribution in [-0.2, 0) is 4.79 Å². The van der Waals surface area contributed by atoms with E-state index in [1.165, 1.54) is 0 Å². The van der Waals surface area contributed by atoms with Crippen LogP contribution in [0.3, 0.4) is 0 Å². The summed E-state index contributed by atoms with van der Waals surface area (Å²) in [6.45, 7) is 8.04. The average Bonchev–Trinajstić information content (AvgIpc) is 2.69. The van der Waals surface area contributed by atoms with Gasteiger partial charge < -0.3 is 10.2 Å². The van der Waals surface area contributed by atoms with Gasteiger partial charge in [0.25, 0.3) is 0 Å². The van der Waals surface area contributed by atoms with Gasteiger partial charge in [-0.15, -0.1) is 0 Å². The molecule has 0 radical (unpaired) electrons. The molecule has 3 aliphatic carbocycles. The Kier molecular flexibility index (Phi) is 2.11. The largest absolute Gasteiger partial charge is 0.392 e. The quantitative estimate of drug-likeness (QED) is 0.687. The van der Waals surface area contributed by atoms with Gasteiger partial charge in [-0.05, 0) is 29.9 Å². The number of rotatable bonds is 0. The van der Waals surface area contributed by atoms with Crippen LogP contribution >= 0.6 is 0 Å². The lowest BCUT2D eigenvalue weighted by Gasteiger charge is -2.34. The number of hydrogen-bond acceptors (Lipinski definition) is 3. The van der Waals surface area contributed by atoms with Crippen molar-refractivity contribution in [3.8, 4) is 0 Å². The molecule has 2 saturated carbocycles. The maximum atomic E-state index is 11.9. The SMILES string of the molecule is CC1C(=O)C=C2C3(O)CC(C)(C)CC3C(O)C21C. The van der Waals surface area contributed by atoms with Crippen LogP contribution in [-0.4, -0.2) is 27.7 Å². The molecule has 3 aliphatic rings. The molecule has 18 heavy (non-hydrogen) atoms. The summed E-state index contributed by atoms with van der Waals surface area (Å²) in [5.41, 5.74) is -0.724. The molecular formula is C15H22O3. The van der Waals surface area contributed by atoms with Crippen LogP contribution in [0.25, 0.3) is 0 Å². The molecule has 2 N–H and O–H groups in total. The van der Waals surface area contributed by atoms with E-state index in [0.717, 1.165) is 12.0 Å². The average molecular weight is 250 g/mol. The van der Waals surface area contributed by atoms with E-state index in [-0.39, 0.29) is 23.0 Å². The van der Waals surface area contributed by atoms with Crippen molar-refractivity contribution >= 4 is 5.78 Å². The van der Waals surface area contributed by atoms with Crippen molar-refractivity contribution in [2.75, 3.05) is 0 Å². The van der Waals surface area contributed by atoms with Crippen LogP contribution in [0, 0.1) is 22.7 Å². The molecule has 5 atom stereocenters. The molecule has 3 rings (SSSR count). The Morgan fingerprint density at radius 3 is 2.56 bits per heavy atom. The van der Waals surface area contributed by atoms with Gasteiger partial charge in [-0.25, -0.2) is 0 Å². The zero-order valence-electron chi connectivity index (χ0n) is 11.5. The zero-order chi connectivity index (χ0) is 13.5. The third-order valence-electron chi connectivity index (χ3n) is 5.79. The van der Waals surface area contributed by atoms with Crippen molar-refractivity contribution < 1.29 is 15.0 Å². The molecule has 0 amide bonds. The molecule has 0 aromatic heterocycles. The number of ketones is 1. The predicted molar refractivity (Wildman–Crippen MR) is 67.8 cm³/mol. The highest BCUT2D eigenvalue weighted by Crippen LogP contribution is 2.67. The Morgan fingerprint density at radius 1 is 1.33 bits per heavy atom. The Labute approximate surface area is 108 Å². The molecule has 100 valence electrons. The third kappa shape index (κ3) is 1.15. The Bertz CT molecular complexity index is 464. The van der Waals surface area contributed by atoms with E-state index in [4.69, 9.17) is 0 Å². The summed E-state index contributed by atoms with van der Waals surface area (Å²) in [5, 5.41) is 21.7. The van der Waals surface area contributed by atoms with Crippen molar-refractivity contribution in [3.63, 3.8) is 0 Å². The number of aliphatic hydroxyl groups is 2. The Morgan fingerprint density at radius 2 is 1.94 bits per heavy atom. The van der Waals surface area contributed by atoms with Gasteiger partial charge in [0.05, 0.1) is 11.7 Å². The third-order valence-corrected chi connectivity index (χ3v) is 5.79. The number of fused-ring (bicyclic) bond motifs is 3. The van der Waals surface area contributed by atoms with E-state index in [2.05, 4.69) is 13.8 Å². The number of hydrogen-bond donors (Lipinski definition) is 2. The maximum Gasteiger partial charge on any atom is 0.159 e. The lowest BCUT2D eigenvalue weighted by atomic mass is 9.71. The summed E-state index contributed by atoms with van der Waals surface area (Å²) in [5.74, 6) is -0.303. The molecular weight excluding hydrogens is 228 g/mol. The van der Waals surface area contributed by atoms with Gasteiger partial charge >= 0.3 is 0 Å². The normalized spacial score (nSPS) is 53.3. The fourth-order valence-corrected chi connectivity index (χ4v) is 4.74. The second-order valence-corrected chi connectivity index (χ2v) is 7.49. The van der Waals surface area contributed by atoms with E-state index in [9.17, 15) is 15.0 Å². The van der Waals surface area contributed by atoms with Crippen LogP contribution in [0.15, 0.2) is 11.6 Å². The molecule has 3 nitrogen and oxygen atoms in total. The Hall–Kier alpha value is -0.670. The number of aliphatic hydroxyl groups excluding tert-OH is 1. The van der Waals surface area contributed by atoms with Crippen LogP contribution in [0.4, 0.5) is 0 Å². The molecule has 0 aromatic rings. The number of carbonyl (C=O) groups excluding carboxylic acids is 1. The molecule has 0 aliphatic heterocycles. The highest BCUT2D eigenvalue weighted by atomic mass is 16.3. The van der Waals surface area contributed by atoms with Gasteiger partial charge in [-0.2, -0.15) is 0 Å². The molecule has 3 heteroatoms. The van der Waals surface area contributed by atoms with E-state index in [1.807, 2.05) is 13.8 Å². The monoisotopic (exact) mass is 250 g/mol. The van der Waals surface area contributed by atoms with Crippen LogP contribution < -0.4 is 0 Å². The lowest BCUT2D eigenvalue weighted by molar-refractivity contribution is -0.121. The second-order valence-electron chi connectivity index (χ2n) is 7.49. The minimum absolute atomic E-state index is 0.0252. The van der Waals surface area contributed by atoms with Crippen LogP contribution in [0.1, 0.15) is 40.5 Å². The summed E-state index contributed by atoms with van der Waals surface area (Å²) >= 11 is 0. The summed E-state index contributed by atoms with van der Waals surface area (Å²) in [6, 6.07) is 0. The summed E-state index contributed by atoms with van der Waals surface area (Å²) < 4.78 is 0. The van der Waals surface area contributed by atoms with Crippen molar-refractivity contribution in [1.29, 1.82) is 0 Å². The topological polar surface area (TPSA) is 57.5 Å². The van der Waals surface area contributed by atoms with Crippen molar-refractivity contribution in [1.82, 2.24) is 0 Å². The van der Waals surface area contributed by atoms with E-state index in [1.54, 1.807) is 6.08 Å². The van der Waals surface area contributed by atoms with Gasteiger partial charge in [-0.3, -0.25) is 4.79 Å². The maximum absolute atomic E-state index is 11.9. The fourth-order valence-electron chi connectivity index (χ4n) is 4.74. The van der Waals surface area contributed by atoms with E-state index < -0.39 is 17.1 Å². The smallest absolute Gasteiger partial charge is 0.159 e.